The Balaban J connectivity index is 4.79. The normalized spacial score (nSPS) is 12.9. The Bertz CT molecular complexity index is 289. The van der Waals surface area contributed by atoms with Gasteiger partial charge in [-0.25, -0.2) is 0 Å². The molecular formula is C14H26N2O2. The average Bonchev–Trinajstić information content (AvgIpc) is 2.34. The number of hydrogen-bond donors (Lipinski definition) is 1. The van der Waals surface area contributed by atoms with Crippen LogP contribution in [0, 0.1) is 16.7 Å². The van der Waals surface area contributed by atoms with Gasteiger partial charge >= 0.3 is 0 Å². The van der Waals surface area contributed by atoms with Crippen molar-refractivity contribution in [1.29, 1.82) is 5.26 Å². The number of amides is 1. The van der Waals surface area contributed by atoms with Crippen molar-refractivity contribution in [2.24, 2.45) is 5.41 Å². The summed E-state index contributed by atoms with van der Waals surface area (Å²) < 4.78 is 0. The molecule has 1 unspecified atom stereocenters. The van der Waals surface area contributed by atoms with E-state index in [-0.39, 0.29) is 5.91 Å². The summed E-state index contributed by atoms with van der Waals surface area (Å²) in [4.78, 5) is 14.0. The molecule has 0 aromatic heterocycles. The van der Waals surface area contributed by atoms with Gasteiger partial charge in [0.2, 0.25) is 5.91 Å². The molecule has 1 atom stereocenters. The van der Waals surface area contributed by atoms with Crippen LogP contribution in [-0.4, -0.2) is 35.6 Å². The molecule has 0 fully saturated rings. The summed E-state index contributed by atoms with van der Waals surface area (Å²) in [5.74, 6) is -0.102. The van der Waals surface area contributed by atoms with Crippen LogP contribution in [0.15, 0.2) is 0 Å². The van der Waals surface area contributed by atoms with Gasteiger partial charge in [0.15, 0.2) is 0 Å². The van der Waals surface area contributed by atoms with E-state index in [2.05, 4.69) is 6.07 Å². The lowest BCUT2D eigenvalue weighted by Gasteiger charge is -2.30. The highest BCUT2D eigenvalue weighted by molar-refractivity contribution is 5.85. The maximum absolute atomic E-state index is 12.4. The van der Waals surface area contributed by atoms with Crippen LogP contribution < -0.4 is 0 Å². The fourth-order valence-corrected chi connectivity index (χ4v) is 2.20. The lowest BCUT2D eigenvalue weighted by atomic mass is 9.79. The SMILES string of the molecule is CCCC(C#N)(CCC)C(=O)N(C)CCC(C)O. The first-order chi connectivity index (χ1) is 8.43. The number of aliphatic hydroxyl groups is 1. The third-order valence-corrected chi connectivity index (χ3v) is 3.21. The molecule has 18 heavy (non-hydrogen) atoms. The Hall–Kier alpha value is -1.08. The van der Waals surface area contributed by atoms with E-state index in [0.717, 1.165) is 12.8 Å². The van der Waals surface area contributed by atoms with E-state index >= 15 is 0 Å². The number of carbonyl (C=O) groups excluding carboxylic acids is 1. The predicted molar refractivity (Wildman–Crippen MR) is 71.8 cm³/mol. The van der Waals surface area contributed by atoms with Crippen molar-refractivity contribution in [2.75, 3.05) is 13.6 Å². The Morgan fingerprint density at radius 3 is 2.22 bits per heavy atom. The molecular weight excluding hydrogens is 228 g/mol. The number of nitriles is 1. The molecule has 0 aliphatic rings. The van der Waals surface area contributed by atoms with Crippen molar-refractivity contribution in [2.45, 2.75) is 59.0 Å². The summed E-state index contributed by atoms with van der Waals surface area (Å²) in [5, 5.41) is 18.6. The van der Waals surface area contributed by atoms with E-state index in [9.17, 15) is 15.2 Å². The number of rotatable bonds is 8. The molecule has 1 N–H and O–H groups in total. The highest BCUT2D eigenvalue weighted by atomic mass is 16.3. The van der Waals surface area contributed by atoms with Crippen LogP contribution in [0.4, 0.5) is 0 Å². The first-order valence-corrected chi connectivity index (χ1v) is 6.78. The molecule has 0 heterocycles. The molecule has 0 saturated heterocycles. The van der Waals surface area contributed by atoms with Crippen LogP contribution in [-0.2, 0) is 4.79 Å². The van der Waals surface area contributed by atoms with Crippen LogP contribution in [0.25, 0.3) is 0 Å². The molecule has 0 radical (unpaired) electrons. The maximum atomic E-state index is 12.4. The summed E-state index contributed by atoms with van der Waals surface area (Å²) in [5.41, 5.74) is -0.878. The fraction of sp³-hybridized carbons (Fsp3) is 0.857. The van der Waals surface area contributed by atoms with Crippen LogP contribution in [0.2, 0.25) is 0 Å². The molecule has 104 valence electrons. The van der Waals surface area contributed by atoms with Gasteiger partial charge in [-0.05, 0) is 26.2 Å². The second-order valence-corrected chi connectivity index (χ2v) is 5.06. The zero-order chi connectivity index (χ0) is 14.2. The van der Waals surface area contributed by atoms with Crippen molar-refractivity contribution in [3.8, 4) is 6.07 Å². The average molecular weight is 254 g/mol. The van der Waals surface area contributed by atoms with Crippen molar-refractivity contribution in [3.63, 3.8) is 0 Å². The van der Waals surface area contributed by atoms with Gasteiger partial charge in [0.05, 0.1) is 12.2 Å². The molecule has 4 heteroatoms. The summed E-state index contributed by atoms with van der Waals surface area (Å²) in [6.45, 7) is 6.18. The minimum atomic E-state index is -0.878. The fourth-order valence-electron chi connectivity index (χ4n) is 2.20. The molecule has 0 saturated carbocycles. The minimum absolute atomic E-state index is 0.102. The lowest BCUT2D eigenvalue weighted by Crippen LogP contribution is -2.42. The second-order valence-electron chi connectivity index (χ2n) is 5.06. The van der Waals surface area contributed by atoms with E-state index in [4.69, 9.17) is 0 Å². The number of carbonyl (C=O) groups is 1. The largest absolute Gasteiger partial charge is 0.393 e. The first kappa shape index (κ1) is 16.9. The third-order valence-electron chi connectivity index (χ3n) is 3.21. The van der Waals surface area contributed by atoms with Gasteiger partial charge in [0.1, 0.15) is 5.41 Å². The van der Waals surface area contributed by atoms with Crippen LogP contribution in [0.3, 0.4) is 0 Å². The quantitative estimate of drug-likeness (QED) is 0.723. The molecule has 4 nitrogen and oxygen atoms in total. The van der Waals surface area contributed by atoms with E-state index in [0.29, 0.717) is 25.8 Å². The lowest BCUT2D eigenvalue weighted by molar-refractivity contribution is -0.138. The Labute approximate surface area is 111 Å². The van der Waals surface area contributed by atoms with E-state index < -0.39 is 11.5 Å². The van der Waals surface area contributed by atoms with Gasteiger partial charge in [-0.15, -0.1) is 0 Å². The summed E-state index contributed by atoms with van der Waals surface area (Å²) in [6.07, 6.45) is 2.98. The Morgan fingerprint density at radius 1 is 1.39 bits per heavy atom. The molecule has 1 amide bonds. The maximum Gasteiger partial charge on any atom is 0.242 e. The highest BCUT2D eigenvalue weighted by Crippen LogP contribution is 2.31. The second kappa shape index (κ2) is 8.10. The summed E-state index contributed by atoms with van der Waals surface area (Å²) in [6, 6.07) is 2.23. The number of aliphatic hydroxyl groups excluding tert-OH is 1. The van der Waals surface area contributed by atoms with E-state index in [1.807, 2.05) is 13.8 Å². The van der Waals surface area contributed by atoms with Gasteiger partial charge < -0.3 is 10.0 Å². The van der Waals surface area contributed by atoms with Gasteiger partial charge in [0.25, 0.3) is 0 Å². The number of hydrogen-bond acceptors (Lipinski definition) is 3. The highest BCUT2D eigenvalue weighted by Gasteiger charge is 2.38. The molecule has 0 aliphatic heterocycles. The standard InChI is InChI=1S/C14H26N2O2/c1-5-8-14(11-15,9-6-2)13(18)16(4)10-7-12(3)17/h12,17H,5-10H2,1-4H3. The zero-order valence-electron chi connectivity index (χ0n) is 12.1. The molecule has 0 bridgehead atoms. The van der Waals surface area contributed by atoms with E-state index in [1.165, 1.54) is 0 Å². The summed E-state index contributed by atoms with van der Waals surface area (Å²) >= 11 is 0. The zero-order valence-corrected chi connectivity index (χ0v) is 12.1. The Kier molecular flexibility index (Phi) is 7.61. The third kappa shape index (κ3) is 4.66. The topological polar surface area (TPSA) is 64.3 Å². The van der Waals surface area contributed by atoms with Gasteiger partial charge in [-0.1, -0.05) is 26.7 Å². The van der Waals surface area contributed by atoms with Gasteiger partial charge in [0, 0.05) is 13.6 Å². The van der Waals surface area contributed by atoms with Crippen LogP contribution >= 0.6 is 0 Å². The van der Waals surface area contributed by atoms with Gasteiger partial charge in [-0.3, -0.25) is 4.79 Å². The molecule has 0 spiro atoms. The Morgan fingerprint density at radius 2 is 1.89 bits per heavy atom. The monoisotopic (exact) mass is 254 g/mol. The molecule has 0 aromatic carbocycles. The van der Waals surface area contributed by atoms with Crippen LogP contribution in [0.1, 0.15) is 52.9 Å². The molecule has 0 aromatic rings. The number of nitrogens with zero attached hydrogens (tertiary/aromatic N) is 2. The van der Waals surface area contributed by atoms with Crippen molar-refractivity contribution >= 4 is 5.91 Å². The van der Waals surface area contributed by atoms with Crippen molar-refractivity contribution < 1.29 is 9.90 Å². The van der Waals surface area contributed by atoms with Crippen LogP contribution in [0.5, 0.6) is 0 Å². The first-order valence-electron chi connectivity index (χ1n) is 6.78. The minimum Gasteiger partial charge on any atom is -0.393 e. The van der Waals surface area contributed by atoms with Gasteiger partial charge in [-0.2, -0.15) is 5.26 Å². The predicted octanol–water partition coefficient (Wildman–Crippen LogP) is 2.33. The molecule has 0 rings (SSSR count). The van der Waals surface area contributed by atoms with Crippen molar-refractivity contribution in [3.05, 3.63) is 0 Å². The molecule has 0 aliphatic carbocycles. The smallest absolute Gasteiger partial charge is 0.242 e. The summed E-state index contributed by atoms with van der Waals surface area (Å²) in [7, 11) is 1.71. The van der Waals surface area contributed by atoms with E-state index in [1.54, 1.807) is 18.9 Å². The van der Waals surface area contributed by atoms with Crippen molar-refractivity contribution in [1.82, 2.24) is 4.90 Å².